The third-order valence-electron chi connectivity index (χ3n) is 5.69. The predicted octanol–water partition coefficient (Wildman–Crippen LogP) is 6.88. The Kier molecular flexibility index (Phi) is 6.25. The molecular weight excluding hydrogens is 491 g/mol. The molecule has 0 fully saturated rings. The molecule has 0 saturated heterocycles. The van der Waals surface area contributed by atoms with E-state index in [9.17, 15) is 4.79 Å². The SMILES string of the molecule is COc1cc(-c2cc(=S)ss2)ccc1OC(=O)C1CCn2c(C(=S)c3ccccc3)ccc21. The highest BCUT2D eigenvalue weighted by Crippen LogP contribution is 2.38. The summed E-state index contributed by atoms with van der Waals surface area (Å²) in [7, 11) is 4.75. The number of fused-ring (bicyclic) bond motifs is 1. The first kappa shape index (κ1) is 22.2. The summed E-state index contributed by atoms with van der Waals surface area (Å²) in [5.41, 5.74) is 3.88. The summed E-state index contributed by atoms with van der Waals surface area (Å²) in [6.45, 7) is 0.726. The van der Waals surface area contributed by atoms with E-state index in [0.29, 0.717) is 17.9 Å². The molecule has 0 aliphatic carbocycles. The van der Waals surface area contributed by atoms with Gasteiger partial charge in [-0.25, -0.2) is 0 Å². The number of hydrogen-bond acceptors (Lipinski definition) is 7. The Bertz CT molecular complexity index is 1400. The third kappa shape index (κ3) is 4.31. The van der Waals surface area contributed by atoms with E-state index in [1.54, 1.807) is 33.9 Å². The maximum Gasteiger partial charge on any atom is 0.320 e. The van der Waals surface area contributed by atoms with Crippen LogP contribution in [-0.2, 0) is 11.3 Å². The van der Waals surface area contributed by atoms with Gasteiger partial charge in [-0.1, -0.05) is 75.4 Å². The summed E-state index contributed by atoms with van der Waals surface area (Å²) in [6, 6.07) is 21.5. The number of carbonyl (C=O) groups excluding carboxylic acids is 1. The van der Waals surface area contributed by atoms with Crippen molar-refractivity contribution in [2.24, 2.45) is 0 Å². The molecular formula is C25H19NO3S4. The van der Waals surface area contributed by atoms with Crippen molar-refractivity contribution in [2.45, 2.75) is 18.9 Å². The topological polar surface area (TPSA) is 40.5 Å². The monoisotopic (exact) mass is 509 g/mol. The number of hydrogen-bond donors (Lipinski definition) is 0. The van der Waals surface area contributed by atoms with Crippen LogP contribution in [0.2, 0.25) is 0 Å². The minimum Gasteiger partial charge on any atom is -0.493 e. The van der Waals surface area contributed by atoms with E-state index in [4.69, 9.17) is 33.9 Å². The molecule has 2 aromatic heterocycles. The molecule has 2 aromatic carbocycles. The van der Waals surface area contributed by atoms with Crippen LogP contribution in [0.15, 0.2) is 66.7 Å². The summed E-state index contributed by atoms with van der Waals surface area (Å²) in [6.07, 6.45) is 0.679. The van der Waals surface area contributed by atoms with Crippen LogP contribution in [0.25, 0.3) is 10.4 Å². The van der Waals surface area contributed by atoms with Crippen molar-refractivity contribution in [3.05, 3.63) is 87.5 Å². The summed E-state index contributed by atoms with van der Waals surface area (Å²) in [5.74, 6) is 0.296. The Labute approximate surface area is 209 Å². The van der Waals surface area contributed by atoms with Crippen LogP contribution in [0.5, 0.6) is 11.5 Å². The Hall–Kier alpha value is -2.65. The van der Waals surface area contributed by atoms with E-state index in [-0.39, 0.29) is 11.9 Å². The van der Waals surface area contributed by atoms with Crippen LogP contribution in [0.3, 0.4) is 0 Å². The fourth-order valence-electron chi connectivity index (χ4n) is 4.07. The van der Waals surface area contributed by atoms with Gasteiger partial charge in [0.2, 0.25) is 0 Å². The zero-order valence-electron chi connectivity index (χ0n) is 17.6. The van der Waals surface area contributed by atoms with Gasteiger partial charge in [0.25, 0.3) is 0 Å². The number of aromatic nitrogens is 1. The Morgan fingerprint density at radius 1 is 1.03 bits per heavy atom. The quantitative estimate of drug-likeness (QED) is 0.0932. The molecule has 1 unspecified atom stereocenters. The van der Waals surface area contributed by atoms with Crippen LogP contribution in [0, 0.1) is 3.82 Å². The van der Waals surface area contributed by atoms with Crippen molar-refractivity contribution >= 4 is 56.0 Å². The van der Waals surface area contributed by atoms with Gasteiger partial charge in [-0.3, -0.25) is 4.79 Å². The number of esters is 1. The van der Waals surface area contributed by atoms with Gasteiger partial charge in [0.15, 0.2) is 11.5 Å². The van der Waals surface area contributed by atoms with Crippen LogP contribution in [0.4, 0.5) is 0 Å². The molecule has 0 N–H and O–H groups in total. The van der Waals surface area contributed by atoms with Crippen molar-refractivity contribution in [3.63, 3.8) is 0 Å². The second kappa shape index (κ2) is 9.30. The van der Waals surface area contributed by atoms with Gasteiger partial charge in [-0.05, 0) is 53.9 Å². The van der Waals surface area contributed by atoms with Crippen molar-refractivity contribution in [3.8, 4) is 21.9 Å². The highest BCUT2D eigenvalue weighted by molar-refractivity contribution is 7.81. The Morgan fingerprint density at radius 2 is 1.85 bits per heavy atom. The Morgan fingerprint density at radius 3 is 2.58 bits per heavy atom. The van der Waals surface area contributed by atoms with E-state index in [1.165, 1.54) is 0 Å². The molecule has 0 amide bonds. The molecule has 8 heteroatoms. The maximum atomic E-state index is 13.1. The van der Waals surface area contributed by atoms with Crippen LogP contribution < -0.4 is 9.47 Å². The van der Waals surface area contributed by atoms with E-state index in [1.807, 2.05) is 60.7 Å². The van der Waals surface area contributed by atoms with Gasteiger partial charge in [-0.2, -0.15) is 0 Å². The molecule has 33 heavy (non-hydrogen) atoms. The third-order valence-corrected chi connectivity index (χ3v) is 9.04. The fraction of sp³-hybridized carbons (Fsp3) is 0.160. The summed E-state index contributed by atoms with van der Waals surface area (Å²) in [5, 5.41) is 0. The molecule has 0 radical (unpaired) electrons. The molecule has 0 bridgehead atoms. The van der Waals surface area contributed by atoms with Gasteiger partial charge >= 0.3 is 5.97 Å². The average molecular weight is 510 g/mol. The lowest BCUT2D eigenvalue weighted by Crippen LogP contribution is -2.17. The first-order valence-corrected chi connectivity index (χ1v) is 13.3. The smallest absolute Gasteiger partial charge is 0.320 e. The molecule has 0 saturated carbocycles. The zero-order valence-corrected chi connectivity index (χ0v) is 20.9. The number of rotatable bonds is 6. The lowest BCUT2D eigenvalue weighted by molar-refractivity contribution is -0.136. The van der Waals surface area contributed by atoms with Gasteiger partial charge < -0.3 is 14.0 Å². The van der Waals surface area contributed by atoms with Crippen molar-refractivity contribution in [1.29, 1.82) is 0 Å². The lowest BCUT2D eigenvalue weighted by atomic mass is 10.1. The first-order valence-electron chi connectivity index (χ1n) is 10.3. The number of benzene rings is 2. The van der Waals surface area contributed by atoms with Gasteiger partial charge in [0.1, 0.15) is 3.82 Å². The van der Waals surface area contributed by atoms with E-state index >= 15 is 0 Å². The van der Waals surface area contributed by atoms with Crippen molar-refractivity contribution in [2.75, 3.05) is 7.11 Å². The molecule has 166 valence electrons. The largest absolute Gasteiger partial charge is 0.493 e. The summed E-state index contributed by atoms with van der Waals surface area (Å²) < 4.78 is 14.3. The summed E-state index contributed by atoms with van der Waals surface area (Å²) in [4.78, 5) is 15.0. The molecule has 1 atom stereocenters. The maximum absolute atomic E-state index is 13.1. The lowest BCUT2D eigenvalue weighted by Gasteiger charge is -2.13. The fourth-order valence-corrected chi connectivity index (χ4v) is 6.78. The molecule has 1 aliphatic heterocycles. The number of nitrogens with zero attached hydrogens (tertiary/aromatic N) is 1. The molecule has 1 aliphatic rings. The standard InChI is InChI=1S/C25H19NO3S4/c1-28-21-13-16(22-14-23(30)33-32-22)7-10-20(21)29-25(27)17-11-12-26-18(17)8-9-19(26)24(31)15-5-3-2-4-6-15/h2-10,13-14,17H,11-12H2,1H3. The Balaban J connectivity index is 1.37. The molecule has 4 aromatic rings. The molecule has 5 rings (SSSR count). The second-order valence-electron chi connectivity index (χ2n) is 7.61. The van der Waals surface area contributed by atoms with Gasteiger partial charge in [-0.15, -0.1) is 0 Å². The van der Waals surface area contributed by atoms with Crippen molar-refractivity contribution < 1.29 is 14.3 Å². The minimum absolute atomic E-state index is 0.290. The van der Waals surface area contributed by atoms with Crippen LogP contribution in [-0.4, -0.2) is 22.5 Å². The number of carbonyl (C=O) groups is 1. The second-order valence-corrected chi connectivity index (χ2v) is 10.9. The summed E-state index contributed by atoms with van der Waals surface area (Å²) >= 11 is 11.0. The van der Waals surface area contributed by atoms with Gasteiger partial charge in [0, 0.05) is 17.1 Å². The minimum atomic E-state index is -0.344. The van der Waals surface area contributed by atoms with Crippen LogP contribution in [0.1, 0.15) is 29.3 Å². The molecule has 0 spiro atoms. The van der Waals surface area contributed by atoms with E-state index in [0.717, 1.165) is 42.6 Å². The zero-order chi connectivity index (χ0) is 22.9. The van der Waals surface area contributed by atoms with E-state index in [2.05, 4.69) is 4.57 Å². The average Bonchev–Trinajstić information content (AvgIpc) is 3.56. The van der Waals surface area contributed by atoms with E-state index < -0.39 is 0 Å². The normalized spacial score (nSPS) is 14.6. The number of methoxy groups -OCH3 is 1. The highest BCUT2D eigenvalue weighted by Gasteiger charge is 2.33. The van der Waals surface area contributed by atoms with Crippen molar-refractivity contribution in [1.82, 2.24) is 4.57 Å². The molecule has 4 nitrogen and oxygen atoms in total. The number of ether oxygens (including phenoxy) is 2. The predicted molar refractivity (Wildman–Crippen MR) is 140 cm³/mol. The molecule has 3 heterocycles. The van der Waals surface area contributed by atoms with Gasteiger partial charge in [0.05, 0.1) is 23.6 Å². The first-order chi connectivity index (χ1) is 16.0. The highest BCUT2D eigenvalue weighted by atomic mass is 32.9. The number of thiocarbonyl (C=S) groups is 1. The van der Waals surface area contributed by atoms with Crippen LogP contribution >= 0.6 is 45.1 Å².